The molecule has 1 unspecified atom stereocenters. The number of ether oxygens (including phenoxy) is 3. The Bertz CT molecular complexity index is 1350. The number of esters is 3. The molecule has 0 amide bonds. The summed E-state index contributed by atoms with van der Waals surface area (Å²) in [7, 11) is 0. The Morgan fingerprint density at radius 1 is 0.256 bits per heavy atom. The molecule has 0 saturated carbocycles. The van der Waals surface area contributed by atoms with Crippen LogP contribution >= 0.6 is 0 Å². The molecule has 0 aromatic rings. The van der Waals surface area contributed by atoms with Crippen molar-refractivity contribution in [1.29, 1.82) is 0 Å². The van der Waals surface area contributed by atoms with Gasteiger partial charge >= 0.3 is 17.9 Å². The average Bonchev–Trinajstić information content (AvgIpc) is 3.44. The zero-order valence-electron chi connectivity index (χ0n) is 52.5. The van der Waals surface area contributed by atoms with Crippen LogP contribution in [-0.2, 0) is 28.6 Å². The first-order chi connectivity index (χ1) is 38.5. The minimum absolute atomic E-state index is 0.0774. The summed E-state index contributed by atoms with van der Waals surface area (Å²) in [6.45, 7) is 6.62. The van der Waals surface area contributed by atoms with Gasteiger partial charge in [0.2, 0.25) is 0 Å². The number of hydrogen-bond acceptors (Lipinski definition) is 6. The van der Waals surface area contributed by atoms with E-state index in [2.05, 4.69) is 69.4 Å². The Morgan fingerprint density at radius 2 is 0.474 bits per heavy atom. The molecular formula is C72H132O6. The third-order valence-corrected chi connectivity index (χ3v) is 15.6. The first-order valence-corrected chi connectivity index (χ1v) is 34.6. The molecule has 6 nitrogen and oxygen atoms in total. The summed E-state index contributed by atoms with van der Waals surface area (Å²) in [6, 6.07) is 0. The highest BCUT2D eigenvalue weighted by molar-refractivity contribution is 5.71. The van der Waals surface area contributed by atoms with Crippen molar-refractivity contribution in [1.82, 2.24) is 0 Å². The zero-order valence-corrected chi connectivity index (χ0v) is 52.5. The van der Waals surface area contributed by atoms with Crippen LogP contribution in [0.25, 0.3) is 0 Å². The molecule has 0 fully saturated rings. The first kappa shape index (κ1) is 75.4. The quantitative estimate of drug-likeness (QED) is 0.0261. The second-order valence-electron chi connectivity index (χ2n) is 23.4. The van der Waals surface area contributed by atoms with E-state index in [-0.39, 0.29) is 31.1 Å². The highest BCUT2D eigenvalue weighted by Crippen LogP contribution is 2.18. The van der Waals surface area contributed by atoms with Gasteiger partial charge in [-0.1, -0.05) is 326 Å². The first-order valence-electron chi connectivity index (χ1n) is 34.6. The SMILES string of the molecule is CCCC/C=C\C/C=C\CCCCCCCC(=O)OCC(COC(=O)CCCCCCCCCCCCCCCCCCCCCCCCCCCCCCC)OC(=O)CCCCCCCCC/C=C\C/C=C\CCCCC. The van der Waals surface area contributed by atoms with E-state index in [1.54, 1.807) is 0 Å². The van der Waals surface area contributed by atoms with E-state index >= 15 is 0 Å². The number of allylic oxidation sites excluding steroid dienone is 8. The number of unbranched alkanes of at least 4 members (excludes halogenated alkanes) is 45. The van der Waals surface area contributed by atoms with E-state index in [0.717, 1.165) is 89.9 Å². The van der Waals surface area contributed by atoms with Gasteiger partial charge in [0.1, 0.15) is 13.2 Å². The molecule has 0 aromatic carbocycles. The molecule has 0 spiro atoms. The topological polar surface area (TPSA) is 78.9 Å². The molecule has 0 saturated heterocycles. The normalized spacial score (nSPS) is 12.3. The second-order valence-corrected chi connectivity index (χ2v) is 23.4. The van der Waals surface area contributed by atoms with Gasteiger partial charge in [0.25, 0.3) is 0 Å². The Morgan fingerprint density at radius 3 is 0.769 bits per heavy atom. The van der Waals surface area contributed by atoms with Crippen LogP contribution in [-0.4, -0.2) is 37.2 Å². The van der Waals surface area contributed by atoms with Gasteiger partial charge in [-0.15, -0.1) is 0 Å². The Labute approximate surface area is 486 Å². The maximum atomic E-state index is 12.9. The van der Waals surface area contributed by atoms with E-state index in [9.17, 15) is 14.4 Å². The Balaban J connectivity index is 4.19. The lowest BCUT2D eigenvalue weighted by atomic mass is 10.0. The van der Waals surface area contributed by atoms with Crippen LogP contribution in [0.15, 0.2) is 48.6 Å². The molecule has 0 bridgehead atoms. The molecule has 0 radical (unpaired) electrons. The molecule has 6 heteroatoms. The van der Waals surface area contributed by atoms with Gasteiger partial charge in [0.15, 0.2) is 6.10 Å². The summed E-state index contributed by atoms with van der Waals surface area (Å²) in [6.07, 6.45) is 84.3. The van der Waals surface area contributed by atoms with Crippen molar-refractivity contribution in [3.05, 3.63) is 48.6 Å². The molecule has 0 aliphatic rings. The lowest BCUT2D eigenvalue weighted by molar-refractivity contribution is -0.167. The number of carbonyl (C=O) groups excluding carboxylic acids is 3. The van der Waals surface area contributed by atoms with Gasteiger partial charge in [0.05, 0.1) is 0 Å². The van der Waals surface area contributed by atoms with Crippen molar-refractivity contribution in [2.75, 3.05) is 13.2 Å². The van der Waals surface area contributed by atoms with Gasteiger partial charge in [-0.25, -0.2) is 0 Å². The minimum Gasteiger partial charge on any atom is -0.462 e. The van der Waals surface area contributed by atoms with Crippen molar-refractivity contribution in [2.45, 2.75) is 380 Å². The van der Waals surface area contributed by atoms with Crippen LogP contribution in [0.1, 0.15) is 374 Å². The zero-order chi connectivity index (χ0) is 56.4. The monoisotopic (exact) mass is 1090 g/mol. The molecule has 0 aromatic heterocycles. The molecule has 0 aliphatic carbocycles. The molecule has 456 valence electrons. The van der Waals surface area contributed by atoms with Gasteiger partial charge in [0, 0.05) is 19.3 Å². The predicted molar refractivity (Wildman–Crippen MR) is 339 cm³/mol. The molecular weight excluding hydrogens is 961 g/mol. The van der Waals surface area contributed by atoms with Crippen LogP contribution in [0.3, 0.4) is 0 Å². The standard InChI is InChI=1S/C72H132O6/c1-4-7-10-13-16-19-22-25-28-30-31-32-33-34-35-36-37-38-39-40-41-43-44-47-50-53-56-59-62-65-71(74)77-68-69(67-76-70(73)64-61-58-55-52-49-46-27-24-21-18-15-12-9-6-3)78-72(75)66-63-60-57-54-51-48-45-42-29-26-23-20-17-14-11-8-5-2/h15,17-18,20,24,26-27,29,69H,4-14,16,19,21-23,25,28,30-68H2,1-3H3/b18-15-,20-17-,27-24-,29-26-. The molecule has 0 rings (SSSR count). The van der Waals surface area contributed by atoms with Crippen molar-refractivity contribution in [3.8, 4) is 0 Å². The summed E-state index contributed by atoms with van der Waals surface area (Å²) < 4.78 is 16.9. The fourth-order valence-electron chi connectivity index (χ4n) is 10.3. The lowest BCUT2D eigenvalue weighted by Gasteiger charge is -2.18. The molecule has 0 heterocycles. The summed E-state index contributed by atoms with van der Waals surface area (Å²) in [4.78, 5) is 38.3. The lowest BCUT2D eigenvalue weighted by Crippen LogP contribution is -2.30. The minimum atomic E-state index is -0.783. The molecule has 1 atom stereocenters. The third-order valence-electron chi connectivity index (χ3n) is 15.6. The Hall–Kier alpha value is -2.63. The third kappa shape index (κ3) is 64.2. The van der Waals surface area contributed by atoms with Crippen molar-refractivity contribution in [2.24, 2.45) is 0 Å². The van der Waals surface area contributed by atoms with E-state index in [1.807, 2.05) is 0 Å². The predicted octanol–water partition coefficient (Wildman–Crippen LogP) is 23.7. The summed E-state index contributed by atoms with van der Waals surface area (Å²) >= 11 is 0. The highest BCUT2D eigenvalue weighted by atomic mass is 16.6. The number of rotatable bonds is 64. The number of hydrogen-bond donors (Lipinski definition) is 0. The maximum Gasteiger partial charge on any atom is 0.306 e. The van der Waals surface area contributed by atoms with E-state index in [0.29, 0.717) is 19.3 Å². The van der Waals surface area contributed by atoms with Crippen molar-refractivity contribution < 1.29 is 28.6 Å². The van der Waals surface area contributed by atoms with Gasteiger partial charge < -0.3 is 14.2 Å². The smallest absolute Gasteiger partial charge is 0.306 e. The summed E-state index contributed by atoms with van der Waals surface area (Å²) in [5, 5.41) is 0. The van der Waals surface area contributed by atoms with Gasteiger partial charge in [-0.05, 0) is 77.0 Å². The molecule has 0 N–H and O–H groups in total. The van der Waals surface area contributed by atoms with Crippen LogP contribution in [0, 0.1) is 0 Å². The van der Waals surface area contributed by atoms with Crippen LogP contribution in [0.2, 0.25) is 0 Å². The summed E-state index contributed by atoms with van der Waals surface area (Å²) in [5.41, 5.74) is 0. The number of carbonyl (C=O) groups is 3. The van der Waals surface area contributed by atoms with Gasteiger partial charge in [-0.3, -0.25) is 14.4 Å². The fourth-order valence-corrected chi connectivity index (χ4v) is 10.3. The van der Waals surface area contributed by atoms with E-state index in [4.69, 9.17) is 14.2 Å². The van der Waals surface area contributed by atoms with Crippen molar-refractivity contribution >= 4 is 17.9 Å². The average molecular weight is 1090 g/mol. The molecule has 78 heavy (non-hydrogen) atoms. The van der Waals surface area contributed by atoms with Gasteiger partial charge in [-0.2, -0.15) is 0 Å². The second kappa shape index (κ2) is 66.9. The maximum absolute atomic E-state index is 12.9. The fraction of sp³-hybridized carbons (Fsp3) is 0.847. The van der Waals surface area contributed by atoms with Crippen molar-refractivity contribution in [3.63, 3.8) is 0 Å². The highest BCUT2D eigenvalue weighted by Gasteiger charge is 2.19. The largest absolute Gasteiger partial charge is 0.462 e. The van der Waals surface area contributed by atoms with Crippen LogP contribution in [0.5, 0.6) is 0 Å². The summed E-state index contributed by atoms with van der Waals surface area (Å²) in [5.74, 6) is -0.878. The Kier molecular flexibility index (Phi) is 64.6. The van der Waals surface area contributed by atoms with Crippen LogP contribution in [0.4, 0.5) is 0 Å². The van der Waals surface area contributed by atoms with Crippen LogP contribution < -0.4 is 0 Å². The van der Waals surface area contributed by atoms with E-state index in [1.165, 1.54) is 244 Å². The van der Waals surface area contributed by atoms with E-state index < -0.39 is 6.10 Å². The molecule has 0 aliphatic heterocycles.